The van der Waals surface area contributed by atoms with E-state index >= 15 is 0 Å². The van der Waals surface area contributed by atoms with E-state index in [4.69, 9.17) is 20.9 Å². The number of anilines is 2. The first-order valence-corrected chi connectivity index (χ1v) is 13.0. The fourth-order valence-corrected chi connectivity index (χ4v) is 4.52. The molecule has 1 heterocycles. The van der Waals surface area contributed by atoms with E-state index in [-0.39, 0.29) is 22.2 Å². The summed E-state index contributed by atoms with van der Waals surface area (Å²) >= 11 is 0.756. The summed E-state index contributed by atoms with van der Waals surface area (Å²) in [6.45, 7) is 6.90. The van der Waals surface area contributed by atoms with E-state index in [1.807, 2.05) is 6.92 Å². The molecular formula is C27H33N5O5S. The zero-order valence-corrected chi connectivity index (χ0v) is 22.7. The summed E-state index contributed by atoms with van der Waals surface area (Å²) in [5, 5.41) is 2.96. The molecule has 0 radical (unpaired) electrons. The molecule has 10 nitrogen and oxygen atoms in total. The Bertz CT molecular complexity index is 1260. The largest absolute Gasteiger partial charge is 0.497 e. The lowest BCUT2D eigenvalue weighted by atomic mass is 10.0. The number of carbonyl (C=O) groups excluding carboxylic acids is 3. The second-order valence-corrected chi connectivity index (χ2v) is 9.66. The van der Waals surface area contributed by atoms with Gasteiger partial charge in [-0.1, -0.05) is 26.0 Å². The summed E-state index contributed by atoms with van der Waals surface area (Å²) < 4.78 is 14.8. The molecule has 202 valence electrons. The molecule has 0 aliphatic rings. The molecule has 1 atom stereocenters. The van der Waals surface area contributed by atoms with Crippen LogP contribution in [0.5, 0.6) is 11.5 Å². The molecule has 3 amide bonds. The predicted octanol–water partition coefficient (Wildman–Crippen LogP) is 3.78. The molecule has 5 N–H and O–H groups in total. The van der Waals surface area contributed by atoms with Crippen LogP contribution in [0.2, 0.25) is 0 Å². The minimum Gasteiger partial charge on any atom is -0.497 e. The maximum Gasteiger partial charge on any atom is 0.273 e. The van der Waals surface area contributed by atoms with Crippen molar-refractivity contribution in [3.05, 3.63) is 64.7 Å². The lowest BCUT2D eigenvalue weighted by Gasteiger charge is -2.31. The smallest absolute Gasteiger partial charge is 0.273 e. The second-order valence-electron chi connectivity index (χ2n) is 8.89. The third-order valence-electron chi connectivity index (χ3n) is 5.76. The van der Waals surface area contributed by atoms with Crippen LogP contribution in [0.1, 0.15) is 59.0 Å². The van der Waals surface area contributed by atoms with Crippen LogP contribution in [0.3, 0.4) is 0 Å². The number of nitrogens with zero attached hydrogens (tertiary/aromatic N) is 2. The van der Waals surface area contributed by atoms with Crippen LogP contribution < -0.4 is 31.2 Å². The molecule has 0 spiro atoms. The molecule has 11 heteroatoms. The summed E-state index contributed by atoms with van der Waals surface area (Å²) in [6.07, 6.45) is 0.766. The summed E-state index contributed by atoms with van der Waals surface area (Å²) in [7, 11) is 1.55. The zero-order valence-electron chi connectivity index (χ0n) is 21.9. The number of nitrogens with two attached hydrogens (primary N) is 2. The first kappa shape index (κ1) is 28.5. The first-order valence-electron chi connectivity index (χ1n) is 12.2. The maximum absolute atomic E-state index is 14.1. The number of nitrogens with one attached hydrogen (secondary N) is 1. The highest BCUT2D eigenvalue weighted by Crippen LogP contribution is 2.34. The molecule has 0 saturated carbocycles. The van der Waals surface area contributed by atoms with Gasteiger partial charge in [0.15, 0.2) is 5.69 Å². The maximum atomic E-state index is 14.1. The van der Waals surface area contributed by atoms with Crippen LogP contribution in [0.4, 0.5) is 11.4 Å². The highest BCUT2D eigenvalue weighted by atomic mass is 32.1. The van der Waals surface area contributed by atoms with Gasteiger partial charge in [0.05, 0.1) is 19.4 Å². The molecule has 0 fully saturated rings. The quantitative estimate of drug-likeness (QED) is 0.317. The van der Waals surface area contributed by atoms with Crippen LogP contribution in [0, 0.1) is 5.92 Å². The molecule has 0 aliphatic heterocycles. The Morgan fingerprint density at radius 3 is 2.21 bits per heavy atom. The van der Waals surface area contributed by atoms with Crippen LogP contribution in [-0.2, 0) is 4.79 Å². The number of carbonyl (C=O) groups is 3. The van der Waals surface area contributed by atoms with Crippen molar-refractivity contribution in [3.63, 3.8) is 0 Å². The van der Waals surface area contributed by atoms with E-state index in [0.717, 1.165) is 18.0 Å². The number of ether oxygens (including phenoxy) is 2. The summed E-state index contributed by atoms with van der Waals surface area (Å²) in [6, 6.07) is 12.6. The van der Waals surface area contributed by atoms with Crippen LogP contribution in [0.15, 0.2) is 48.5 Å². The lowest BCUT2D eigenvalue weighted by Crippen LogP contribution is -2.44. The van der Waals surface area contributed by atoms with Crippen molar-refractivity contribution in [3.8, 4) is 11.5 Å². The minimum absolute atomic E-state index is 0.00109. The van der Waals surface area contributed by atoms with Crippen molar-refractivity contribution in [2.75, 3.05) is 30.9 Å². The predicted molar refractivity (Wildman–Crippen MR) is 148 cm³/mol. The summed E-state index contributed by atoms with van der Waals surface area (Å²) in [4.78, 5) is 40.9. The Morgan fingerprint density at radius 2 is 1.68 bits per heavy atom. The highest BCUT2D eigenvalue weighted by Gasteiger charge is 2.36. The van der Waals surface area contributed by atoms with E-state index in [1.54, 1.807) is 55.6 Å². The molecule has 0 unspecified atom stereocenters. The van der Waals surface area contributed by atoms with Gasteiger partial charge in [-0.05, 0) is 72.8 Å². The van der Waals surface area contributed by atoms with E-state index < -0.39 is 17.9 Å². The molecule has 38 heavy (non-hydrogen) atoms. The van der Waals surface area contributed by atoms with Gasteiger partial charge in [-0.3, -0.25) is 19.3 Å². The average molecular weight is 540 g/mol. The molecule has 3 rings (SSSR count). The minimum atomic E-state index is -1.07. The number of amides is 3. The molecule has 1 aromatic heterocycles. The number of benzene rings is 2. The van der Waals surface area contributed by atoms with Crippen molar-refractivity contribution in [2.45, 2.75) is 33.2 Å². The Morgan fingerprint density at radius 1 is 1.05 bits per heavy atom. The van der Waals surface area contributed by atoms with Crippen LogP contribution >= 0.6 is 11.5 Å². The van der Waals surface area contributed by atoms with Crippen LogP contribution in [0.25, 0.3) is 0 Å². The third kappa shape index (κ3) is 6.60. The zero-order chi connectivity index (χ0) is 27.8. The van der Waals surface area contributed by atoms with Gasteiger partial charge in [-0.2, -0.15) is 4.37 Å². The summed E-state index contributed by atoms with van der Waals surface area (Å²) in [5.74, 6) is -0.233. The van der Waals surface area contributed by atoms with Crippen LogP contribution in [-0.4, -0.2) is 42.4 Å². The monoisotopic (exact) mass is 539 g/mol. The van der Waals surface area contributed by atoms with E-state index in [2.05, 4.69) is 23.5 Å². The summed E-state index contributed by atoms with van der Waals surface area (Å²) in [5.41, 5.74) is 12.1. The van der Waals surface area contributed by atoms with Gasteiger partial charge in [0.1, 0.15) is 22.4 Å². The molecule has 2 aromatic carbocycles. The topological polar surface area (TPSA) is 150 Å². The van der Waals surface area contributed by atoms with Crippen molar-refractivity contribution < 1.29 is 23.9 Å². The number of nitrogen functional groups attached to an aromatic ring is 1. The Kier molecular flexibility index (Phi) is 9.66. The van der Waals surface area contributed by atoms with Gasteiger partial charge < -0.3 is 26.3 Å². The first-order chi connectivity index (χ1) is 18.2. The Balaban J connectivity index is 2.15. The molecule has 0 aliphatic carbocycles. The van der Waals surface area contributed by atoms with Crippen molar-refractivity contribution >= 4 is 40.6 Å². The fraction of sp³-hybridized carbons (Fsp3) is 0.333. The number of rotatable bonds is 12. The SMILES string of the molecule is CCOc1ccc(N(C(=O)c2snc(C(N)=O)c2N)[C@@H](C(=O)NCCC(C)C)c2ccc(OC)cc2)cc1. The van der Waals surface area contributed by atoms with E-state index in [1.165, 1.54) is 4.90 Å². The standard InChI is InChI=1S/C27H33N5O5S/c1-5-37-20-12-8-18(9-13-20)32(27(35)24-21(28)22(25(29)33)31-38-24)23(26(34)30-15-14-16(2)3)17-6-10-19(36-4)11-7-17/h6-13,16,23H,5,14-15,28H2,1-4H3,(H2,29,33)(H,30,34)/t23-/m1/s1. The molecular weight excluding hydrogens is 506 g/mol. The van der Waals surface area contributed by atoms with E-state index in [9.17, 15) is 14.4 Å². The number of hydrogen-bond donors (Lipinski definition) is 3. The average Bonchev–Trinajstić information content (AvgIpc) is 3.29. The number of methoxy groups -OCH3 is 1. The van der Waals surface area contributed by atoms with Crippen molar-refractivity contribution in [1.29, 1.82) is 0 Å². The van der Waals surface area contributed by atoms with Gasteiger partial charge in [-0.25, -0.2) is 0 Å². The van der Waals surface area contributed by atoms with Gasteiger partial charge in [0, 0.05) is 12.2 Å². The van der Waals surface area contributed by atoms with Gasteiger partial charge >= 0.3 is 0 Å². The van der Waals surface area contributed by atoms with Crippen molar-refractivity contribution in [2.24, 2.45) is 11.7 Å². The fourth-order valence-electron chi connectivity index (χ4n) is 3.78. The number of aromatic nitrogens is 1. The van der Waals surface area contributed by atoms with Gasteiger partial charge in [0.2, 0.25) is 5.91 Å². The van der Waals surface area contributed by atoms with Crippen molar-refractivity contribution in [1.82, 2.24) is 9.69 Å². The molecule has 0 bridgehead atoms. The highest BCUT2D eigenvalue weighted by molar-refractivity contribution is 7.09. The number of hydrogen-bond acceptors (Lipinski definition) is 8. The lowest BCUT2D eigenvalue weighted by molar-refractivity contribution is -0.122. The Hall–Kier alpha value is -4.12. The molecule has 3 aromatic rings. The van der Waals surface area contributed by atoms with Gasteiger partial charge in [-0.15, -0.1) is 0 Å². The Labute approximate surface area is 226 Å². The number of primary amides is 1. The third-order valence-corrected chi connectivity index (χ3v) is 6.61. The van der Waals surface area contributed by atoms with E-state index in [0.29, 0.717) is 41.8 Å². The second kappa shape index (κ2) is 12.9. The molecule has 0 saturated heterocycles. The van der Waals surface area contributed by atoms with Gasteiger partial charge in [0.25, 0.3) is 11.8 Å². The normalized spacial score (nSPS) is 11.6.